The van der Waals surface area contributed by atoms with Crippen molar-refractivity contribution in [3.05, 3.63) is 35.9 Å². The van der Waals surface area contributed by atoms with E-state index in [-0.39, 0.29) is 6.61 Å². The molecule has 8 nitrogen and oxygen atoms in total. The summed E-state index contributed by atoms with van der Waals surface area (Å²) in [5.74, 6) is -0.854. The first-order valence-corrected chi connectivity index (χ1v) is 10.3. The van der Waals surface area contributed by atoms with Crippen molar-refractivity contribution in [3.63, 3.8) is 0 Å². The van der Waals surface area contributed by atoms with E-state index in [0.29, 0.717) is 0 Å². The van der Waals surface area contributed by atoms with E-state index < -0.39 is 43.3 Å². The zero-order valence-electron chi connectivity index (χ0n) is 16.2. The highest BCUT2D eigenvalue weighted by Crippen LogP contribution is 2.61. The Bertz CT molecular complexity index is 684. The van der Waals surface area contributed by atoms with Gasteiger partial charge in [0.1, 0.15) is 18.3 Å². The highest BCUT2D eigenvalue weighted by atomic mass is 31.2. The molecule has 27 heavy (non-hydrogen) atoms. The van der Waals surface area contributed by atoms with Gasteiger partial charge in [0, 0.05) is 14.2 Å². The summed E-state index contributed by atoms with van der Waals surface area (Å²) in [6, 6.07) is 9.57. The molecule has 0 bridgehead atoms. The van der Waals surface area contributed by atoms with Gasteiger partial charge >= 0.3 is 7.60 Å². The van der Waals surface area contributed by atoms with E-state index in [1.54, 1.807) is 13.8 Å². The molecule has 152 valence electrons. The van der Waals surface area contributed by atoms with Crippen LogP contribution in [0.5, 0.6) is 0 Å². The standard InChI is InChI=1S/C18H27O8P/c1-17(2)25-14-13(23-11-12-9-7-6-8-10-12)15(24-16(14)26-17)18(3,19)27(20,21-4)22-5/h6-10,13-16,19H,11H2,1-5H3/t13-,14+,15+,16+,18-/m1/s1. The smallest absolute Gasteiger partial charge is 0.363 e. The Morgan fingerprint density at radius 3 is 2.41 bits per heavy atom. The van der Waals surface area contributed by atoms with Gasteiger partial charge in [-0.25, -0.2) is 0 Å². The van der Waals surface area contributed by atoms with E-state index >= 15 is 0 Å². The Balaban J connectivity index is 1.86. The number of fused-ring (bicyclic) bond motifs is 1. The average Bonchev–Trinajstić information content (AvgIpc) is 3.12. The van der Waals surface area contributed by atoms with Gasteiger partial charge in [-0.05, 0) is 26.3 Å². The van der Waals surface area contributed by atoms with Crippen molar-refractivity contribution in [2.45, 2.75) is 63.1 Å². The largest absolute Gasteiger partial charge is 0.375 e. The minimum Gasteiger partial charge on any atom is -0.375 e. The molecule has 0 spiro atoms. The monoisotopic (exact) mass is 402 g/mol. The minimum absolute atomic E-state index is 0.263. The second kappa shape index (κ2) is 7.54. The SMILES string of the molecule is COP(=O)(OC)[C@@](C)(O)[C@H]1O[C@H]2OC(C)(C)O[C@H]2[C@H]1OCc1ccccc1. The van der Waals surface area contributed by atoms with E-state index in [9.17, 15) is 9.67 Å². The van der Waals surface area contributed by atoms with E-state index in [1.165, 1.54) is 21.1 Å². The van der Waals surface area contributed by atoms with Crippen molar-refractivity contribution >= 4 is 7.60 Å². The lowest BCUT2D eigenvalue weighted by Gasteiger charge is -2.37. The minimum atomic E-state index is -3.90. The molecule has 0 unspecified atom stereocenters. The average molecular weight is 402 g/mol. The van der Waals surface area contributed by atoms with Crippen LogP contribution in [0, 0.1) is 0 Å². The summed E-state index contributed by atoms with van der Waals surface area (Å²) in [6.07, 6.45) is -3.15. The summed E-state index contributed by atoms with van der Waals surface area (Å²) in [4.78, 5) is 0. The lowest BCUT2D eigenvalue weighted by molar-refractivity contribution is -0.235. The number of aliphatic hydroxyl groups is 1. The van der Waals surface area contributed by atoms with Gasteiger partial charge in [0.05, 0.1) is 6.61 Å². The molecule has 1 N–H and O–H groups in total. The van der Waals surface area contributed by atoms with E-state index in [0.717, 1.165) is 5.56 Å². The van der Waals surface area contributed by atoms with Crippen LogP contribution in [0.1, 0.15) is 26.3 Å². The molecule has 2 aliphatic heterocycles. The highest BCUT2D eigenvalue weighted by molar-refractivity contribution is 7.55. The molecule has 0 radical (unpaired) electrons. The van der Waals surface area contributed by atoms with Crippen LogP contribution < -0.4 is 0 Å². The highest BCUT2D eigenvalue weighted by Gasteiger charge is 2.64. The molecule has 3 rings (SSSR count). The molecule has 0 aromatic heterocycles. The first-order chi connectivity index (χ1) is 12.6. The first-order valence-electron chi connectivity index (χ1n) is 8.74. The molecule has 2 aliphatic rings. The van der Waals surface area contributed by atoms with Crippen molar-refractivity contribution in [2.24, 2.45) is 0 Å². The van der Waals surface area contributed by atoms with Crippen LogP contribution in [-0.4, -0.2) is 55.1 Å². The molecule has 0 saturated carbocycles. The third-order valence-electron chi connectivity index (χ3n) is 4.85. The van der Waals surface area contributed by atoms with Gasteiger partial charge < -0.3 is 33.1 Å². The van der Waals surface area contributed by atoms with Gasteiger partial charge in [0.2, 0.25) is 0 Å². The fourth-order valence-corrected chi connectivity index (χ4v) is 4.88. The van der Waals surface area contributed by atoms with Crippen LogP contribution in [0.4, 0.5) is 0 Å². The lowest BCUT2D eigenvalue weighted by atomic mass is 10.1. The van der Waals surface area contributed by atoms with Crippen LogP contribution in [0.15, 0.2) is 30.3 Å². The first kappa shape index (κ1) is 20.9. The van der Waals surface area contributed by atoms with E-state index in [4.69, 9.17) is 28.0 Å². The predicted octanol–water partition coefficient (Wildman–Crippen LogP) is 2.64. The lowest BCUT2D eigenvalue weighted by Crippen LogP contribution is -2.49. The normalized spacial score (nSPS) is 32.2. The molecule has 9 heteroatoms. The number of hydrogen-bond acceptors (Lipinski definition) is 8. The zero-order valence-corrected chi connectivity index (χ0v) is 17.0. The van der Waals surface area contributed by atoms with Gasteiger partial charge in [-0.3, -0.25) is 4.57 Å². The maximum Gasteiger partial charge on any atom is 0.363 e. The van der Waals surface area contributed by atoms with Crippen molar-refractivity contribution < 1.29 is 37.7 Å². The molecule has 5 atom stereocenters. The van der Waals surface area contributed by atoms with Crippen LogP contribution in [0.3, 0.4) is 0 Å². The molecule has 2 fully saturated rings. The number of ether oxygens (including phenoxy) is 4. The summed E-state index contributed by atoms with van der Waals surface area (Å²) in [6.45, 7) is 5.14. The van der Waals surface area contributed by atoms with Crippen LogP contribution >= 0.6 is 7.60 Å². The molecule has 0 aliphatic carbocycles. The summed E-state index contributed by atoms with van der Waals surface area (Å²) in [5.41, 5.74) is 0.944. The van der Waals surface area contributed by atoms with Crippen molar-refractivity contribution in [1.82, 2.24) is 0 Å². The third kappa shape index (κ3) is 3.86. The van der Waals surface area contributed by atoms with Gasteiger partial charge in [-0.15, -0.1) is 0 Å². The number of benzene rings is 1. The van der Waals surface area contributed by atoms with Gasteiger partial charge in [0.15, 0.2) is 17.4 Å². The Hall–Kier alpha value is -0.830. The van der Waals surface area contributed by atoms with Crippen LogP contribution in [0.25, 0.3) is 0 Å². The molecule has 2 saturated heterocycles. The second-order valence-electron chi connectivity index (χ2n) is 7.24. The second-order valence-corrected chi connectivity index (χ2v) is 9.87. The fourth-order valence-electron chi connectivity index (χ4n) is 3.47. The van der Waals surface area contributed by atoms with E-state index in [2.05, 4.69) is 0 Å². The van der Waals surface area contributed by atoms with Crippen LogP contribution in [0.2, 0.25) is 0 Å². The number of hydrogen-bond donors (Lipinski definition) is 1. The Labute approximate surface area is 159 Å². The number of rotatable bonds is 7. The summed E-state index contributed by atoms with van der Waals surface area (Å²) in [5, 5.41) is 9.08. The van der Waals surface area contributed by atoms with Gasteiger partial charge in [-0.2, -0.15) is 0 Å². The molecule has 1 aromatic carbocycles. The summed E-state index contributed by atoms with van der Waals surface area (Å²) in [7, 11) is -1.47. The molecular weight excluding hydrogens is 375 g/mol. The van der Waals surface area contributed by atoms with Gasteiger partial charge in [0.25, 0.3) is 0 Å². The Morgan fingerprint density at radius 2 is 1.81 bits per heavy atom. The molecule has 2 heterocycles. The quantitative estimate of drug-likeness (QED) is 0.696. The van der Waals surface area contributed by atoms with E-state index in [1.807, 2.05) is 30.3 Å². The Kier molecular flexibility index (Phi) is 5.83. The van der Waals surface area contributed by atoms with Crippen molar-refractivity contribution in [3.8, 4) is 0 Å². The maximum atomic E-state index is 12.9. The van der Waals surface area contributed by atoms with Crippen LogP contribution in [-0.2, 0) is 39.2 Å². The summed E-state index contributed by atoms with van der Waals surface area (Å²) < 4.78 is 46.5. The molecule has 1 aromatic rings. The summed E-state index contributed by atoms with van der Waals surface area (Å²) >= 11 is 0. The Morgan fingerprint density at radius 1 is 1.19 bits per heavy atom. The van der Waals surface area contributed by atoms with Gasteiger partial charge in [-0.1, -0.05) is 30.3 Å². The molecule has 0 amide bonds. The van der Waals surface area contributed by atoms with Crippen molar-refractivity contribution in [1.29, 1.82) is 0 Å². The third-order valence-corrected chi connectivity index (χ3v) is 7.18. The fraction of sp³-hybridized carbons (Fsp3) is 0.667. The molecular formula is C18H27O8P. The topological polar surface area (TPSA) is 92.7 Å². The zero-order chi connectivity index (χ0) is 19.9. The maximum absolute atomic E-state index is 12.9. The predicted molar refractivity (Wildman–Crippen MR) is 96.0 cm³/mol. The van der Waals surface area contributed by atoms with Crippen molar-refractivity contribution in [2.75, 3.05) is 14.2 Å².